The number of nitro benzene ring substituents is 1. The largest absolute Gasteiger partial charge is 0.414 e. The molecular formula is C16H21F3N4O4. The van der Waals surface area contributed by atoms with Crippen LogP contribution >= 0.6 is 0 Å². The molecular weight excluding hydrogens is 369 g/mol. The molecule has 8 nitrogen and oxygen atoms in total. The highest BCUT2D eigenvalue weighted by atomic mass is 19.4. The van der Waals surface area contributed by atoms with Gasteiger partial charge in [0.05, 0.1) is 4.92 Å². The third-order valence-electron chi connectivity index (χ3n) is 4.30. The van der Waals surface area contributed by atoms with E-state index >= 15 is 0 Å². The number of non-ortho nitro benzene ring substituents is 1. The summed E-state index contributed by atoms with van der Waals surface area (Å²) in [7, 11) is 0.979. The summed E-state index contributed by atoms with van der Waals surface area (Å²) in [6, 6.07) is 5.79. The Bertz CT molecular complexity index is 663. The molecule has 1 aromatic carbocycles. The fourth-order valence-corrected chi connectivity index (χ4v) is 2.81. The number of halogens is 3. The van der Waals surface area contributed by atoms with Crippen LogP contribution in [-0.4, -0.2) is 68.0 Å². The second-order valence-electron chi connectivity index (χ2n) is 6.04. The van der Waals surface area contributed by atoms with E-state index in [0.717, 1.165) is 7.11 Å². The van der Waals surface area contributed by atoms with Gasteiger partial charge in [-0.05, 0) is 12.5 Å². The average Bonchev–Trinajstić information content (AvgIpc) is 2.64. The van der Waals surface area contributed by atoms with Gasteiger partial charge in [-0.1, -0.05) is 6.07 Å². The number of anilines is 1. The van der Waals surface area contributed by atoms with E-state index in [9.17, 15) is 28.1 Å². The van der Waals surface area contributed by atoms with Gasteiger partial charge in [-0.2, -0.15) is 13.2 Å². The van der Waals surface area contributed by atoms with Crippen molar-refractivity contribution >= 4 is 17.4 Å². The first-order valence-corrected chi connectivity index (χ1v) is 8.34. The van der Waals surface area contributed by atoms with E-state index in [4.69, 9.17) is 0 Å². The zero-order valence-corrected chi connectivity index (χ0v) is 14.7. The molecule has 2 rings (SSSR count). The summed E-state index contributed by atoms with van der Waals surface area (Å²) in [4.78, 5) is 25.9. The summed E-state index contributed by atoms with van der Waals surface area (Å²) in [6.07, 6.45) is -6.74. The van der Waals surface area contributed by atoms with Crippen LogP contribution in [0.3, 0.4) is 0 Å². The number of alkyl halides is 3. The first kappa shape index (κ1) is 20.7. The van der Waals surface area contributed by atoms with Gasteiger partial charge in [0.15, 0.2) is 6.10 Å². The van der Waals surface area contributed by atoms with E-state index in [0.29, 0.717) is 31.9 Å². The fraction of sp³-hybridized carbons (Fsp3) is 0.562. The quantitative estimate of drug-likeness (QED) is 0.595. The molecule has 1 aliphatic rings. The van der Waals surface area contributed by atoms with E-state index in [1.807, 2.05) is 4.90 Å². The van der Waals surface area contributed by atoms with Crippen LogP contribution in [0.5, 0.6) is 0 Å². The third kappa shape index (κ3) is 5.71. The number of piperazine rings is 1. The van der Waals surface area contributed by atoms with E-state index < -0.39 is 23.2 Å². The minimum Gasteiger partial charge on any atom is -0.372 e. The Kier molecular flexibility index (Phi) is 6.83. The van der Waals surface area contributed by atoms with Crippen molar-refractivity contribution in [2.24, 2.45) is 0 Å². The molecule has 0 aliphatic carbocycles. The molecule has 1 saturated heterocycles. The number of nitrogens with one attached hydrogen (secondary N) is 1. The highest BCUT2D eigenvalue weighted by Gasteiger charge is 2.39. The maximum Gasteiger partial charge on any atom is 0.414 e. The van der Waals surface area contributed by atoms with Crippen LogP contribution in [0.1, 0.15) is 6.42 Å². The Hall–Kier alpha value is -2.56. The average molecular weight is 390 g/mol. The number of hydrogen-bond acceptors (Lipinski definition) is 5. The Labute approximate surface area is 154 Å². The standard InChI is InChI=1S/C16H21F3N4O4/c1-27-14(16(17,18)19)5-6-20-15(24)22-9-7-21(8-10-22)12-3-2-4-13(11-12)23(25)26/h2-4,11,14H,5-10H2,1H3,(H,20,24). The van der Waals surface area contributed by atoms with Gasteiger partial charge in [-0.3, -0.25) is 10.1 Å². The van der Waals surface area contributed by atoms with Crippen molar-refractivity contribution in [2.45, 2.75) is 18.7 Å². The summed E-state index contributed by atoms with van der Waals surface area (Å²) < 4.78 is 42.1. The first-order valence-electron chi connectivity index (χ1n) is 8.34. The van der Waals surface area contributed by atoms with Crippen molar-refractivity contribution in [2.75, 3.05) is 44.7 Å². The molecule has 0 radical (unpaired) electrons. The number of urea groups is 1. The molecule has 1 aromatic rings. The van der Waals surface area contributed by atoms with Gasteiger partial charge in [0, 0.05) is 57.7 Å². The molecule has 11 heteroatoms. The van der Waals surface area contributed by atoms with Gasteiger partial charge < -0.3 is 19.9 Å². The minimum atomic E-state index is -4.47. The maximum absolute atomic E-state index is 12.6. The second kappa shape index (κ2) is 8.89. The van der Waals surface area contributed by atoms with Crippen LogP contribution in [0.15, 0.2) is 24.3 Å². The lowest BCUT2D eigenvalue weighted by atomic mass is 10.2. The molecule has 2 amide bonds. The van der Waals surface area contributed by atoms with Crippen molar-refractivity contribution in [3.8, 4) is 0 Å². The van der Waals surface area contributed by atoms with Gasteiger partial charge in [-0.25, -0.2) is 4.79 Å². The van der Waals surface area contributed by atoms with E-state index in [2.05, 4.69) is 10.1 Å². The molecule has 1 fully saturated rings. The number of nitro groups is 1. The lowest BCUT2D eigenvalue weighted by Gasteiger charge is -2.36. The highest BCUT2D eigenvalue weighted by molar-refractivity contribution is 5.74. The predicted octanol–water partition coefficient (Wildman–Crippen LogP) is 2.39. The van der Waals surface area contributed by atoms with Crippen molar-refractivity contribution in [1.82, 2.24) is 10.2 Å². The number of carbonyl (C=O) groups excluding carboxylic acids is 1. The molecule has 0 bridgehead atoms. The number of nitrogens with zero attached hydrogens (tertiary/aromatic N) is 3. The SMILES string of the molecule is COC(CCNC(=O)N1CCN(c2cccc([N+](=O)[O-])c2)CC1)C(F)(F)F. The molecule has 1 N–H and O–H groups in total. The number of rotatable bonds is 6. The van der Waals surface area contributed by atoms with E-state index in [-0.39, 0.29) is 18.7 Å². The van der Waals surface area contributed by atoms with Crippen LogP contribution in [0.25, 0.3) is 0 Å². The van der Waals surface area contributed by atoms with Gasteiger partial charge in [-0.15, -0.1) is 0 Å². The van der Waals surface area contributed by atoms with Crippen molar-refractivity contribution in [3.05, 3.63) is 34.4 Å². The van der Waals surface area contributed by atoms with E-state index in [1.165, 1.54) is 17.0 Å². The first-order chi connectivity index (χ1) is 12.7. The molecule has 0 spiro atoms. The molecule has 0 aromatic heterocycles. The van der Waals surface area contributed by atoms with Crippen molar-refractivity contribution in [1.29, 1.82) is 0 Å². The topological polar surface area (TPSA) is 88.0 Å². The van der Waals surface area contributed by atoms with Crippen LogP contribution in [0.2, 0.25) is 0 Å². The Morgan fingerprint density at radius 3 is 2.56 bits per heavy atom. The lowest BCUT2D eigenvalue weighted by molar-refractivity contribution is -0.384. The number of benzene rings is 1. The van der Waals surface area contributed by atoms with Gasteiger partial charge in [0.2, 0.25) is 0 Å². The van der Waals surface area contributed by atoms with Crippen LogP contribution < -0.4 is 10.2 Å². The molecule has 27 heavy (non-hydrogen) atoms. The van der Waals surface area contributed by atoms with Crippen LogP contribution in [0.4, 0.5) is 29.3 Å². The summed E-state index contributed by atoms with van der Waals surface area (Å²) >= 11 is 0. The third-order valence-corrected chi connectivity index (χ3v) is 4.30. The second-order valence-corrected chi connectivity index (χ2v) is 6.04. The minimum absolute atomic E-state index is 0.00923. The number of carbonyl (C=O) groups is 1. The molecule has 1 aliphatic heterocycles. The predicted molar refractivity (Wildman–Crippen MR) is 91.8 cm³/mol. The lowest BCUT2D eigenvalue weighted by Crippen LogP contribution is -2.52. The zero-order chi connectivity index (χ0) is 20.0. The monoisotopic (exact) mass is 390 g/mol. The zero-order valence-electron chi connectivity index (χ0n) is 14.7. The molecule has 1 unspecified atom stereocenters. The van der Waals surface area contributed by atoms with E-state index in [1.54, 1.807) is 12.1 Å². The Morgan fingerprint density at radius 1 is 1.33 bits per heavy atom. The van der Waals surface area contributed by atoms with Crippen LogP contribution in [-0.2, 0) is 4.74 Å². The van der Waals surface area contributed by atoms with Gasteiger partial charge in [0.1, 0.15) is 0 Å². The summed E-state index contributed by atoms with van der Waals surface area (Å²) in [5.74, 6) is 0. The van der Waals surface area contributed by atoms with Crippen molar-refractivity contribution in [3.63, 3.8) is 0 Å². The number of hydrogen-bond donors (Lipinski definition) is 1. The molecule has 1 atom stereocenters. The number of methoxy groups -OCH3 is 1. The summed E-state index contributed by atoms with van der Waals surface area (Å²) in [6.45, 7) is 1.51. The van der Waals surface area contributed by atoms with Crippen molar-refractivity contribution < 1.29 is 27.6 Å². The normalized spacial score (nSPS) is 16.1. The Morgan fingerprint density at radius 2 is 2.00 bits per heavy atom. The highest BCUT2D eigenvalue weighted by Crippen LogP contribution is 2.24. The number of ether oxygens (including phenoxy) is 1. The fourth-order valence-electron chi connectivity index (χ4n) is 2.81. The molecule has 0 saturated carbocycles. The van der Waals surface area contributed by atoms with Gasteiger partial charge in [0.25, 0.3) is 5.69 Å². The maximum atomic E-state index is 12.6. The van der Waals surface area contributed by atoms with Gasteiger partial charge >= 0.3 is 12.2 Å². The molecule has 1 heterocycles. The molecule has 150 valence electrons. The summed E-state index contributed by atoms with van der Waals surface area (Å²) in [5.41, 5.74) is 0.683. The Balaban J connectivity index is 1.80. The summed E-state index contributed by atoms with van der Waals surface area (Å²) in [5, 5.41) is 13.3. The smallest absolute Gasteiger partial charge is 0.372 e. The number of amides is 2. The van der Waals surface area contributed by atoms with Crippen LogP contribution in [0, 0.1) is 10.1 Å².